The van der Waals surface area contributed by atoms with Gasteiger partial charge in [0.2, 0.25) is 5.91 Å². The summed E-state index contributed by atoms with van der Waals surface area (Å²) in [5.41, 5.74) is 0.957. The number of rotatable bonds is 5. The molecule has 2 atom stereocenters. The van der Waals surface area contributed by atoms with E-state index in [4.69, 9.17) is 4.74 Å². The lowest BCUT2D eigenvalue weighted by Crippen LogP contribution is -2.45. The van der Waals surface area contributed by atoms with E-state index in [1.165, 1.54) is 11.8 Å². The van der Waals surface area contributed by atoms with Crippen LogP contribution >= 0.6 is 11.8 Å². The molecule has 3 rings (SSSR count). The molecule has 0 aromatic heterocycles. The van der Waals surface area contributed by atoms with Gasteiger partial charge in [-0.15, -0.1) is 11.8 Å². The maximum Gasteiger partial charge on any atom is 0.327 e. The molecule has 130 valence electrons. The zero-order valence-electron chi connectivity index (χ0n) is 13.8. The quantitative estimate of drug-likeness (QED) is 0.883. The third-order valence-electron chi connectivity index (χ3n) is 4.72. The number of nitrogens with zero attached hydrogens (tertiary/aromatic N) is 1. The highest BCUT2D eigenvalue weighted by atomic mass is 32.2. The van der Waals surface area contributed by atoms with Crippen molar-refractivity contribution in [2.45, 2.75) is 44.0 Å². The minimum Gasteiger partial charge on any atom is -0.494 e. The van der Waals surface area contributed by atoms with E-state index in [0.717, 1.165) is 37.0 Å². The van der Waals surface area contributed by atoms with Crippen molar-refractivity contribution in [3.8, 4) is 5.75 Å². The molecule has 0 radical (unpaired) electrons. The van der Waals surface area contributed by atoms with Gasteiger partial charge in [0.25, 0.3) is 0 Å². The fourth-order valence-corrected chi connectivity index (χ4v) is 4.93. The molecule has 1 aromatic carbocycles. The smallest absolute Gasteiger partial charge is 0.327 e. The van der Waals surface area contributed by atoms with Crippen molar-refractivity contribution >= 4 is 23.6 Å². The standard InChI is InChI=1S/C18H23NO4S/c1-2-23-14-9-7-13(8-10-14)17-19(15(11-24-17)18(21)22)16(20)12-5-3-4-6-12/h7-10,12,15,17H,2-6,11H2,1H3,(H,21,22). The van der Waals surface area contributed by atoms with E-state index in [-0.39, 0.29) is 17.2 Å². The first-order valence-electron chi connectivity index (χ1n) is 8.51. The summed E-state index contributed by atoms with van der Waals surface area (Å²) in [6, 6.07) is 6.89. The normalized spacial score (nSPS) is 24.3. The predicted molar refractivity (Wildman–Crippen MR) is 93.0 cm³/mol. The van der Waals surface area contributed by atoms with Crippen molar-refractivity contribution in [1.29, 1.82) is 0 Å². The monoisotopic (exact) mass is 349 g/mol. The van der Waals surface area contributed by atoms with Crippen LogP contribution in [0.3, 0.4) is 0 Å². The SMILES string of the molecule is CCOc1ccc(C2SCC(C(=O)O)N2C(=O)C2CCCC2)cc1. The summed E-state index contributed by atoms with van der Waals surface area (Å²) in [6.45, 7) is 2.53. The number of carbonyl (C=O) groups excluding carboxylic acids is 1. The number of carboxylic acids is 1. The van der Waals surface area contributed by atoms with E-state index in [2.05, 4.69) is 0 Å². The molecule has 5 nitrogen and oxygen atoms in total. The summed E-state index contributed by atoms with van der Waals surface area (Å²) in [5.74, 6) is 0.292. The average Bonchev–Trinajstić information content (AvgIpc) is 3.25. The molecule has 1 aromatic rings. The summed E-state index contributed by atoms with van der Waals surface area (Å²) in [6.07, 6.45) is 3.87. The number of hydrogen-bond acceptors (Lipinski definition) is 4. The second kappa shape index (κ2) is 7.47. The lowest BCUT2D eigenvalue weighted by Gasteiger charge is -2.30. The van der Waals surface area contributed by atoms with E-state index in [9.17, 15) is 14.7 Å². The number of thioether (sulfide) groups is 1. The summed E-state index contributed by atoms with van der Waals surface area (Å²) < 4.78 is 5.46. The number of aliphatic carboxylic acids is 1. The Hall–Kier alpha value is -1.69. The maximum atomic E-state index is 12.9. The Bertz CT molecular complexity index is 598. The summed E-state index contributed by atoms with van der Waals surface area (Å²) in [5, 5.41) is 9.30. The molecule has 24 heavy (non-hydrogen) atoms. The highest BCUT2D eigenvalue weighted by molar-refractivity contribution is 7.99. The zero-order valence-corrected chi connectivity index (χ0v) is 14.6. The topological polar surface area (TPSA) is 66.8 Å². The first kappa shape index (κ1) is 17.1. The van der Waals surface area contributed by atoms with Crippen LogP contribution in [0, 0.1) is 5.92 Å². The van der Waals surface area contributed by atoms with E-state index in [1.807, 2.05) is 31.2 Å². The predicted octanol–water partition coefficient (Wildman–Crippen LogP) is 3.30. The fraction of sp³-hybridized carbons (Fsp3) is 0.556. The van der Waals surface area contributed by atoms with Gasteiger partial charge >= 0.3 is 5.97 Å². The third-order valence-corrected chi connectivity index (χ3v) is 6.04. The van der Waals surface area contributed by atoms with Gasteiger partial charge in [-0.1, -0.05) is 25.0 Å². The van der Waals surface area contributed by atoms with Gasteiger partial charge in [-0.3, -0.25) is 4.79 Å². The first-order chi connectivity index (χ1) is 11.6. The molecule has 1 aliphatic heterocycles. The molecule has 0 bridgehead atoms. The van der Waals surface area contributed by atoms with Crippen molar-refractivity contribution in [2.24, 2.45) is 5.92 Å². The molecule has 2 unspecified atom stereocenters. The van der Waals surface area contributed by atoms with Crippen LogP contribution in [0.5, 0.6) is 5.75 Å². The van der Waals surface area contributed by atoms with Crippen molar-refractivity contribution in [1.82, 2.24) is 4.90 Å². The molecular formula is C18H23NO4S. The molecule has 1 saturated heterocycles. The summed E-state index contributed by atoms with van der Waals surface area (Å²) in [4.78, 5) is 26.2. The molecule has 6 heteroatoms. The van der Waals surface area contributed by atoms with Crippen LogP contribution in [0.25, 0.3) is 0 Å². The molecule has 1 saturated carbocycles. The number of ether oxygens (including phenoxy) is 1. The fourth-order valence-electron chi connectivity index (χ4n) is 3.50. The molecule has 0 spiro atoms. The van der Waals surface area contributed by atoms with E-state index >= 15 is 0 Å². The molecule has 1 amide bonds. The van der Waals surface area contributed by atoms with E-state index in [0.29, 0.717) is 12.4 Å². The van der Waals surface area contributed by atoms with Crippen LogP contribution in [0.4, 0.5) is 0 Å². The van der Waals surface area contributed by atoms with Crippen LogP contribution in [0.1, 0.15) is 43.5 Å². The van der Waals surface area contributed by atoms with Gasteiger partial charge in [-0.2, -0.15) is 0 Å². The molecule has 1 heterocycles. The van der Waals surface area contributed by atoms with Crippen molar-refractivity contribution in [3.05, 3.63) is 29.8 Å². The van der Waals surface area contributed by atoms with Crippen molar-refractivity contribution in [2.75, 3.05) is 12.4 Å². The second-order valence-corrected chi connectivity index (χ2v) is 7.38. The Balaban J connectivity index is 1.84. The molecular weight excluding hydrogens is 326 g/mol. The lowest BCUT2D eigenvalue weighted by molar-refractivity contribution is -0.151. The van der Waals surface area contributed by atoms with Crippen LogP contribution in [-0.2, 0) is 9.59 Å². The lowest BCUT2D eigenvalue weighted by atomic mass is 10.0. The van der Waals surface area contributed by atoms with Gasteiger partial charge in [-0.25, -0.2) is 4.79 Å². The highest BCUT2D eigenvalue weighted by Gasteiger charge is 2.44. The summed E-state index contributed by atoms with van der Waals surface area (Å²) >= 11 is 1.53. The Kier molecular flexibility index (Phi) is 5.33. The van der Waals surface area contributed by atoms with Crippen LogP contribution in [-0.4, -0.2) is 40.3 Å². The molecule has 2 aliphatic rings. The largest absolute Gasteiger partial charge is 0.494 e. The molecule has 1 N–H and O–H groups in total. The van der Waals surface area contributed by atoms with Crippen molar-refractivity contribution in [3.63, 3.8) is 0 Å². The Morgan fingerprint density at radius 2 is 1.92 bits per heavy atom. The van der Waals surface area contributed by atoms with Crippen molar-refractivity contribution < 1.29 is 19.4 Å². The Labute approximate surface area is 146 Å². The van der Waals surface area contributed by atoms with Gasteiger partial charge in [0.15, 0.2) is 0 Å². The van der Waals surface area contributed by atoms with Gasteiger partial charge in [0.05, 0.1) is 6.61 Å². The summed E-state index contributed by atoms with van der Waals surface area (Å²) in [7, 11) is 0. The van der Waals surface area contributed by atoms with Crippen LogP contribution in [0.2, 0.25) is 0 Å². The first-order valence-corrected chi connectivity index (χ1v) is 9.56. The average molecular weight is 349 g/mol. The number of carbonyl (C=O) groups is 2. The van der Waals surface area contributed by atoms with E-state index in [1.54, 1.807) is 4.90 Å². The van der Waals surface area contributed by atoms with Gasteiger partial charge in [-0.05, 0) is 37.5 Å². The Morgan fingerprint density at radius 1 is 1.25 bits per heavy atom. The number of carboxylic acid groups (broad SMARTS) is 1. The van der Waals surface area contributed by atoms with Gasteiger partial charge < -0.3 is 14.7 Å². The number of hydrogen-bond donors (Lipinski definition) is 1. The van der Waals surface area contributed by atoms with Gasteiger partial charge in [0.1, 0.15) is 17.2 Å². The number of benzene rings is 1. The zero-order chi connectivity index (χ0) is 17.1. The minimum atomic E-state index is -0.915. The Morgan fingerprint density at radius 3 is 2.50 bits per heavy atom. The van der Waals surface area contributed by atoms with Gasteiger partial charge in [0, 0.05) is 11.7 Å². The highest BCUT2D eigenvalue weighted by Crippen LogP contribution is 2.44. The van der Waals surface area contributed by atoms with E-state index < -0.39 is 12.0 Å². The van der Waals surface area contributed by atoms with Crippen LogP contribution in [0.15, 0.2) is 24.3 Å². The number of amides is 1. The maximum absolute atomic E-state index is 12.9. The molecule has 1 aliphatic carbocycles. The minimum absolute atomic E-state index is 0.00350. The molecule has 2 fully saturated rings. The second-order valence-electron chi connectivity index (χ2n) is 6.27. The third kappa shape index (κ3) is 3.38. The van der Waals surface area contributed by atoms with Crippen LogP contribution < -0.4 is 4.74 Å².